The number of benzene rings is 1. The number of nitrogens with zero attached hydrogens (tertiary/aromatic N) is 1. The van der Waals surface area contributed by atoms with Crippen LogP contribution < -0.4 is 10.1 Å². The lowest BCUT2D eigenvalue weighted by atomic mass is 10.0. The van der Waals surface area contributed by atoms with E-state index in [9.17, 15) is 4.79 Å². The Labute approximate surface area is 122 Å². The Morgan fingerprint density at radius 1 is 1.35 bits per heavy atom. The number of hydrogen-bond donors (Lipinski definition) is 1. The summed E-state index contributed by atoms with van der Waals surface area (Å²) in [6.07, 6.45) is 0. The molecule has 1 atom stereocenters. The average molecular weight is 278 g/mol. The minimum Gasteiger partial charge on any atom is -0.496 e. The van der Waals surface area contributed by atoms with Gasteiger partial charge in [0.05, 0.1) is 7.11 Å². The van der Waals surface area contributed by atoms with Crippen molar-refractivity contribution in [2.24, 2.45) is 5.92 Å². The molecule has 0 heterocycles. The smallest absolute Gasteiger partial charge is 0.226 e. The fourth-order valence-electron chi connectivity index (χ4n) is 2.57. The lowest BCUT2D eigenvalue weighted by Crippen LogP contribution is -2.35. The van der Waals surface area contributed by atoms with Gasteiger partial charge in [-0.25, -0.2) is 0 Å². The van der Waals surface area contributed by atoms with Gasteiger partial charge in [0.15, 0.2) is 0 Å². The Kier molecular flexibility index (Phi) is 6.02. The summed E-state index contributed by atoms with van der Waals surface area (Å²) in [4.78, 5) is 14.0. The maximum Gasteiger partial charge on any atom is 0.226 e. The summed E-state index contributed by atoms with van der Waals surface area (Å²) >= 11 is 0. The number of amides is 1. The molecule has 1 rings (SSSR count). The van der Waals surface area contributed by atoms with Crippen LogP contribution in [0.5, 0.6) is 5.75 Å². The third-order valence-electron chi connectivity index (χ3n) is 3.45. The third-order valence-corrected chi connectivity index (χ3v) is 3.45. The maximum atomic E-state index is 12.2. The van der Waals surface area contributed by atoms with Crippen LogP contribution in [0, 0.1) is 19.8 Å². The molecule has 1 aromatic carbocycles. The highest BCUT2D eigenvalue weighted by atomic mass is 16.5. The number of ether oxygens (including phenoxy) is 1. The first-order valence-corrected chi connectivity index (χ1v) is 6.94. The normalized spacial score (nSPS) is 12.1. The fraction of sp³-hybridized carbons (Fsp3) is 0.562. The zero-order valence-corrected chi connectivity index (χ0v) is 13.4. The van der Waals surface area contributed by atoms with Crippen molar-refractivity contribution in [3.8, 4) is 5.75 Å². The van der Waals surface area contributed by atoms with Crippen LogP contribution in [0.4, 0.5) is 0 Å². The molecule has 0 saturated carbocycles. The van der Waals surface area contributed by atoms with Crippen molar-refractivity contribution < 1.29 is 9.53 Å². The van der Waals surface area contributed by atoms with Gasteiger partial charge in [-0.1, -0.05) is 19.1 Å². The molecule has 0 radical (unpaired) electrons. The second kappa shape index (κ2) is 7.29. The molecule has 20 heavy (non-hydrogen) atoms. The van der Waals surface area contributed by atoms with Crippen LogP contribution in [0.3, 0.4) is 0 Å². The van der Waals surface area contributed by atoms with Gasteiger partial charge in [0.1, 0.15) is 5.75 Å². The standard InChI is InChI=1S/C16H26N2O2/c1-11-7-14(8-12(2)15(11)20-6)10-18(5)16(19)13(3)9-17-4/h7-8,13,17H,9-10H2,1-6H3. The topological polar surface area (TPSA) is 41.6 Å². The Hall–Kier alpha value is -1.55. The van der Waals surface area contributed by atoms with E-state index in [0.717, 1.165) is 22.4 Å². The summed E-state index contributed by atoms with van der Waals surface area (Å²) in [6, 6.07) is 4.16. The zero-order valence-electron chi connectivity index (χ0n) is 13.4. The number of rotatable bonds is 6. The average Bonchev–Trinajstić information content (AvgIpc) is 2.37. The van der Waals surface area contributed by atoms with E-state index in [-0.39, 0.29) is 11.8 Å². The van der Waals surface area contributed by atoms with E-state index in [0.29, 0.717) is 13.1 Å². The molecule has 0 aliphatic heterocycles. The molecule has 1 N–H and O–H groups in total. The summed E-state index contributed by atoms with van der Waals surface area (Å²) < 4.78 is 5.36. The third kappa shape index (κ3) is 3.97. The molecule has 0 aliphatic carbocycles. The van der Waals surface area contributed by atoms with Gasteiger partial charge >= 0.3 is 0 Å². The zero-order chi connectivity index (χ0) is 15.3. The molecule has 1 amide bonds. The van der Waals surface area contributed by atoms with Gasteiger partial charge in [0, 0.05) is 26.1 Å². The van der Waals surface area contributed by atoms with E-state index in [4.69, 9.17) is 4.74 Å². The van der Waals surface area contributed by atoms with E-state index in [2.05, 4.69) is 17.4 Å². The van der Waals surface area contributed by atoms with Crippen LogP contribution >= 0.6 is 0 Å². The number of nitrogens with one attached hydrogen (secondary N) is 1. The minimum atomic E-state index is -0.00885. The lowest BCUT2D eigenvalue weighted by Gasteiger charge is -2.22. The summed E-state index contributed by atoms with van der Waals surface area (Å²) in [5.41, 5.74) is 3.34. The van der Waals surface area contributed by atoms with Crippen molar-refractivity contribution in [3.63, 3.8) is 0 Å². The highest BCUT2D eigenvalue weighted by Crippen LogP contribution is 2.24. The van der Waals surface area contributed by atoms with Gasteiger partial charge in [-0.15, -0.1) is 0 Å². The number of methoxy groups -OCH3 is 1. The predicted molar refractivity (Wildman–Crippen MR) is 82.0 cm³/mol. The van der Waals surface area contributed by atoms with Gasteiger partial charge in [0.2, 0.25) is 5.91 Å². The first-order chi connectivity index (χ1) is 9.40. The molecule has 0 aliphatic rings. The lowest BCUT2D eigenvalue weighted by molar-refractivity contribution is -0.134. The van der Waals surface area contributed by atoms with Crippen LogP contribution in [-0.4, -0.2) is 38.6 Å². The summed E-state index contributed by atoms with van der Waals surface area (Å²) in [5.74, 6) is 1.07. The van der Waals surface area contributed by atoms with Crippen LogP contribution in [-0.2, 0) is 11.3 Å². The SMILES string of the molecule is CNCC(C)C(=O)N(C)Cc1cc(C)c(OC)c(C)c1. The number of carbonyl (C=O) groups is 1. The van der Waals surface area contributed by atoms with Crippen molar-refractivity contribution >= 4 is 5.91 Å². The van der Waals surface area contributed by atoms with E-state index >= 15 is 0 Å². The highest BCUT2D eigenvalue weighted by molar-refractivity contribution is 5.78. The molecule has 112 valence electrons. The van der Waals surface area contributed by atoms with Crippen molar-refractivity contribution in [2.75, 3.05) is 27.7 Å². The van der Waals surface area contributed by atoms with Gasteiger partial charge in [-0.05, 0) is 37.6 Å². The summed E-state index contributed by atoms with van der Waals surface area (Å²) in [6.45, 7) is 7.32. The van der Waals surface area contributed by atoms with E-state index in [1.54, 1.807) is 12.0 Å². The molecule has 0 spiro atoms. The van der Waals surface area contributed by atoms with Gasteiger partial charge < -0.3 is 15.0 Å². The van der Waals surface area contributed by atoms with E-state index in [1.807, 2.05) is 34.9 Å². The largest absolute Gasteiger partial charge is 0.496 e. The molecular formula is C16H26N2O2. The van der Waals surface area contributed by atoms with Gasteiger partial charge in [0.25, 0.3) is 0 Å². The molecule has 1 aromatic rings. The second-order valence-electron chi connectivity index (χ2n) is 5.42. The Morgan fingerprint density at radius 2 is 1.90 bits per heavy atom. The molecular weight excluding hydrogens is 252 g/mol. The van der Waals surface area contributed by atoms with Crippen LogP contribution in [0.1, 0.15) is 23.6 Å². The van der Waals surface area contributed by atoms with Crippen LogP contribution in [0.2, 0.25) is 0 Å². The van der Waals surface area contributed by atoms with Crippen molar-refractivity contribution in [1.82, 2.24) is 10.2 Å². The second-order valence-corrected chi connectivity index (χ2v) is 5.42. The summed E-state index contributed by atoms with van der Waals surface area (Å²) in [7, 11) is 5.40. The van der Waals surface area contributed by atoms with Crippen molar-refractivity contribution in [3.05, 3.63) is 28.8 Å². The molecule has 4 nitrogen and oxygen atoms in total. The van der Waals surface area contributed by atoms with E-state index in [1.165, 1.54) is 0 Å². The molecule has 1 unspecified atom stereocenters. The number of carbonyl (C=O) groups excluding carboxylic acids is 1. The molecule has 0 bridgehead atoms. The van der Waals surface area contributed by atoms with Crippen LogP contribution in [0.15, 0.2) is 12.1 Å². The number of hydrogen-bond acceptors (Lipinski definition) is 3. The van der Waals surface area contributed by atoms with Crippen LogP contribution in [0.25, 0.3) is 0 Å². The monoisotopic (exact) mass is 278 g/mol. The molecule has 0 saturated heterocycles. The van der Waals surface area contributed by atoms with Crippen molar-refractivity contribution in [1.29, 1.82) is 0 Å². The fourth-order valence-corrected chi connectivity index (χ4v) is 2.57. The van der Waals surface area contributed by atoms with Crippen molar-refractivity contribution in [2.45, 2.75) is 27.3 Å². The predicted octanol–water partition coefficient (Wildman–Crippen LogP) is 2.13. The van der Waals surface area contributed by atoms with E-state index < -0.39 is 0 Å². The Bertz CT molecular complexity index is 449. The quantitative estimate of drug-likeness (QED) is 0.866. The molecule has 0 aromatic heterocycles. The van der Waals surface area contributed by atoms with Gasteiger partial charge in [-0.2, -0.15) is 0 Å². The molecule has 0 fully saturated rings. The Balaban J connectivity index is 2.81. The Morgan fingerprint density at radius 3 is 2.35 bits per heavy atom. The first kappa shape index (κ1) is 16.5. The molecule has 4 heteroatoms. The highest BCUT2D eigenvalue weighted by Gasteiger charge is 2.17. The maximum absolute atomic E-state index is 12.2. The summed E-state index contributed by atoms with van der Waals surface area (Å²) in [5, 5.41) is 3.04. The first-order valence-electron chi connectivity index (χ1n) is 6.94. The van der Waals surface area contributed by atoms with Gasteiger partial charge in [-0.3, -0.25) is 4.79 Å². The number of aryl methyl sites for hydroxylation is 2. The minimum absolute atomic E-state index is 0.00885.